The highest BCUT2D eigenvalue weighted by Crippen LogP contribution is 2.26. The Morgan fingerprint density at radius 3 is 3.06 bits per heavy atom. The number of furan rings is 1. The number of aromatic nitrogens is 1. The normalized spacial score (nSPS) is 10.7. The maximum atomic E-state index is 13.0. The van der Waals surface area contributed by atoms with E-state index in [9.17, 15) is 9.18 Å². The van der Waals surface area contributed by atoms with Gasteiger partial charge in [0, 0.05) is 0 Å². The molecule has 0 saturated heterocycles. The Bertz CT molecular complexity index is 706. The Balaban J connectivity index is 1.89. The number of benzene rings is 1. The van der Waals surface area contributed by atoms with Gasteiger partial charge in [0.15, 0.2) is 5.13 Å². The first-order valence-electron chi connectivity index (χ1n) is 5.12. The Kier molecular flexibility index (Phi) is 2.56. The fourth-order valence-electron chi connectivity index (χ4n) is 1.51. The van der Waals surface area contributed by atoms with Crippen LogP contribution in [0.4, 0.5) is 9.52 Å². The lowest BCUT2D eigenvalue weighted by Gasteiger charge is -1.96. The lowest BCUT2D eigenvalue weighted by molar-refractivity contribution is 0.102. The van der Waals surface area contributed by atoms with Gasteiger partial charge < -0.3 is 4.42 Å². The van der Waals surface area contributed by atoms with Gasteiger partial charge in [0.2, 0.25) is 0 Å². The second kappa shape index (κ2) is 4.23. The third kappa shape index (κ3) is 1.98. The Hall–Kier alpha value is -2.21. The fourth-order valence-corrected chi connectivity index (χ4v) is 2.40. The van der Waals surface area contributed by atoms with Crippen molar-refractivity contribution in [2.75, 3.05) is 5.32 Å². The number of carbonyl (C=O) groups is 1. The van der Waals surface area contributed by atoms with E-state index in [1.807, 2.05) is 0 Å². The summed E-state index contributed by atoms with van der Waals surface area (Å²) in [6.45, 7) is 0. The van der Waals surface area contributed by atoms with E-state index in [1.165, 1.54) is 36.0 Å². The second-order valence-corrected chi connectivity index (χ2v) is 4.63. The smallest absolute Gasteiger partial charge is 0.260 e. The van der Waals surface area contributed by atoms with Crippen LogP contribution in [0.15, 0.2) is 41.2 Å². The molecule has 0 radical (unpaired) electrons. The summed E-state index contributed by atoms with van der Waals surface area (Å²) in [7, 11) is 0. The average Bonchev–Trinajstić information content (AvgIpc) is 2.95. The van der Waals surface area contributed by atoms with Gasteiger partial charge in [-0.05, 0) is 24.3 Å². The van der Waals surface area contributed by atoms with Crippen molar-refractivity contribution in [3.8, 4) is 0 Å². The maximum Gasteiger partial charge on any atom is 0.260 e. The minimum absolute atomic E-state index is 0.303. The van der Waals surface area contributed by atoms with Crippen LogP contribution < -0.4 is 5.32 Å². The summed E-state index contributed by atoms with van der Waals surface area (Å²) < 4.78 is 18.5. The molecule has 1 aromatic carbocycles. The topological polar surface area (TPSA) is 55.1 Å². The van der Waals surface area contributed by atoms with Gasteiger partial charge in [0.1, 0.15) is 12.1 Å². The van der Waals surface area contributed by atoms with E-state index < -0.39 is 0 Å². The van der Waals surface area contributed by atoms with E-state index in [0.29, 0.717) is 20.9 Å². The summed E-state index contributed by atoms with van der Waals surface area (Å²) in [5, 5.41) is 3.07. The lowest BCUT2D eigenvalue weighted by Crippen LogP contribution is -2.10. The molecule has 2 heterocycles. The first kappa shape index (κ1) is 10.9. The van der Waals surface area contributed by atoms with Crippen LogP contribution in [-0.4, -0.2) is 10.9 Å². The van der Waals surface area contributed by atoms with Gasteiger partial charge in [-0.25, -0.2) is 9.37 Å². The summed E-state index contributed by atoms with van der Waals surface area (Å²) in [5.41, 5.74) is 1.07. The molecule has 0 bridgehead atoms. The molecule has 6 heteroatoms. The molecule has 1 N–H and O–H groups in total. The number of amides is 1. The van der Waals surface area contributed by atoms with Crippen LogP contribution in [0.2, 0.25) is 0 Å². The van der Waals surface area contributed by atoms with Gasteiger partial charge >= 0.3 is 0 Å². The third-order valence-electron chi connectivity index (χ3n) is 2.35. The number of nitrogens with zero attached hydrogens (tertiary/aromatic N) is 1. The number of nitrogens with one attached hydrogen (secondary N) is 1. The molecule has 0 atom stereocenters. The fraction of sp³-hybridized carbons (Fsp3) is 0. The van der Waals surface area contributed by atoms with E-state index in [2.05, 4.69) is 10.3 Å². The van der Waals surface area contributed by atoms with Crippen molar-refractivity contribution in [2.45, 2.75) is 0 Å². The van der Waals surface area contributed by atoms with Crippen LogP contribution >= 0.6 is 11.3 Å². The van der Waals surface area contributed by atoms with E-state index in [-0.39, 0.29) is 11.7 Å². The van der Waals surface area contributed by atoms with Gasteiger partial charge in [0.05, 0.1) is 22.0 Å². The molecule has 18 heavy (non-hydrogen) atoms. The van der Waals surface area contributed by atoms with Gasteiger partial charge in [-0.1, -0.05) is 11.3 Å². The van der Waals surface area contributed by atoms with Crippen molar-refractivity contribution in [3.63, 3.8) is 0 Å². The predicted molar refractivity (Wildman–Crippen MR) is 66.2 cm³/mol. The van der Waals surface area contributed by atoms with Gasteiger partial charge in [-0.3, -0.25) is 10.1 Å². The van der Waals surface area contributed by atoms with Gasteiger partial charge in [-0.15, -0.1) is 0 Å². The Labute approximate surface area is 105 Å². The third-order valence-corrected chi connectivity index (χ3v) is 3.29. The van der Waals surface area contributed by atoms with E-state index >= 15 is 0 Å². The summed E-state index contributed by atoms with van der Waals surface area (Å²) in [6, 6.07) is 5.86. The number of rotatable bonds is 2. The van der Waals surface area contributed by atoms with E-state index in [0.717, 1.165) is 0 Å². The van der Waals surface area contributed by atoms with Crippen LogP contribution in [0.1, 0.15) is 10.4 Å². The van der Waals surface area contributed by atoms with Crippen molar-refractivity contribution >= 4 is 32.6 Å². The zero-order valence-corrected chi connectivity index (χ0v) is 9.83. The monoisotopic (exact) mass is 262 g/mol. The summed E-state index contributed by atoms with van der Waals surface area (Å²) in [5.74, 6) is -0.623. The zero-order valence-electron chi connectivity index (χ0n) is 9.01. The molecule has 0 unspecified atom stereocenters. The molecule has 3 aromatic rings. The quantitative estimate of drug-likeness (QED) is 0.771. The number of thiazole rings is 1. The molecule has 3 rings (SSSR count). The van der Waals surface area contributed by atoms with Crippen molar-refractivity contribution in [2.24, 2.45) is 0 Å². The number of halogens is 1. The van der Waals surface area contributed by atoms with Gasteiger partial charge in [-0.2, -0.15) is 0 Å². The standard InChI is InChI=1S/C12H7FN2O2S/c13-8-1-2-9-10(5-8)18-12(14-9)15-11(16)7-3-4-17-6-7/h1-6H,(H,14,15,16). The van der Waals surface area contributed by atoms with Crippen molar-refractivity contribution < 1.29 is 13.6 Å². The average molecular weight is 262 g/mol. The number of hydrogen-bond acceptors (Lipinski definition) is 4. The van der Waals surface area contributed by atoms with Crippen LogP contribution in [0.5, 0.6) is 0 Å². The van der Waals surface area contributed by atoms with Crippen LogP contribution in [0.25, 0.3) is 10.2 Å². The van der Waals surface area contributed by atoms with Crippen LogP contribution in [0, 0.1) is 5.82 Å². The second-order valence-electron chi connectivity index (χ2n) is 3.60. The molecular weight excluding hydrogens is 255 g/mol. The minimum atomic E-state index is -0.320. The highest BCUT2D eigenvalue weighted by atomic mass is 32.1. The van der Waals surface area contributed by atoms with Crippen LogP contribution in [0.3, 0.4) is 0 Å². The first-order valence-corrected chi connectivity index (χ1v) is 5.94. The largest absolute Gasteiger partial charge is 0.472 e. The molecular formula is C12H7FN2O2S. The molecule has 0 saturated carbocycles. The number of fused-ring (bicyclic) bond motifs is 1. The van der Waals surface area contributed by atoms with Gasteiger partial charge in [0.25, 0.3) is 5.91 Å². The predicted octanol–water partition coefficient (Wildman–Crippen LogP) is 3.28. The molecule has 0 aliphatic rings. The summed E-state index contributed by atoms with van der Waals surface area (Å²) >= 11 is 1.22. The zero-order chi connectivity index (χ0) is 12.5. The van der Waals surface area contributed by atoms with Crippen molar-refractivity contribution in [3.05, 3.63) is 48.2 Å². The van der Waals surface area contributed by atoms with E-state index in [1.54, 1.807) is 12.1 Å². The van der Waals surface area contributed by atoms with Crippen molar-refractivity contribution in [1.29, 1.82) is 0 Å². The summed E-state index contributed by atoms with van der Waals surface area (Å²) in [6.07, 6.45) is 2.77. The lowest BCUT2D eigenvalue weighted by atomic mass is 10.3. The molecule has 0 aliphatic heterocycles. The minimum Gasteiger partial charge on any atom is -0.472 e. The Morgan fingerprint density at radius 2 is 2.28 bits per heavy atom. The molecule has 0 aliphatic carbocycles. The van der Waals surface area contributed by atoms with Crippen LogP contribution in [-0.2, 0) is 0 Å². The first-order chi connectivity index (χ1) is 8.72. The maximum absolute atomic E-state index is 13.0. The highest BCUT2D eigenvalue weighted by Gasteiger charge is 2.10. The summed E-state index contributed by atoms with van der Waals surface area (Å²) in [4.78, 5) is 15.9. The number of anilines is 1. The number of hydrogen-bond donors (Lipinski definition) is 1. The molecule has 1 amide bonds. The Morgan fingerprint density at radius 1 is 1.39 bits per heavy atom. The molecule has 90 valence electrons. The molecule has 0 fully saturated rings. The molecule has 2 aromatic heterocycles. The van der Waals surface area contributed by atoms with Crippen molar-refractivity contribution in [1.82, 2.24) is 4.98 Å². The highest BCUT2D eigenvalue weighted by molar-refractivity contribution is 7.22. The van der Waals surface area contributed by atoms with E-state index in [4.69, 9.17) is 4.42 Å². The molecule has 0 spiro atoms. The SMILES string of the molecule is O=C(Nc1nc2ccc(F)cc2s1)c1ccoc1. The number of carbonyl (C=O) groups excluding carboxylic acids is 1. The molecule has 4 nitrogen and oxygen atoms in total.